The van der Waals surface area contributed by atoms with E-state index in [1.807, 2.05) is 20.8 Å². The molecule has 1 fully saturated rings. The number of carbonyl (C=O) groups is 2. The molecule has 1 heterocycles. The molecule has 0 bridgehead atoms. The first kappa shape index (κ1) is 38.0. The second-order valence-corrected chi connectivity index (χ2v) is 13.8. The molecule has 1 aliphatic rings. The summed E-state index contributed by atoms with van der Waals surface area (Å²) in [7, 11) is 2.95. The van der Waals surface area contributed by atoms with Crippen LogP contribution in [-0.4, -0.2) is 64.5 Å². The summed E-state index contributed by atoms with van der Waals surface area (Å²) < 4.78 is 47.7. The van der Waals surface area contributed by atoms with Crippen molar-refractivity contribution in [3.63, 3.8) is 0 Å². The Morgan fingerprint density at radius 3 is 2.45 bits per heavy atom. The van der Waals surface area contributed by atoms with E-state index in [0.717, 1.165) is 6.07 Å². The summed E-state index contributed by atoms with van der Waals surface area (Å²) in [5.41, 5.74) is -1.75. The minimum atomic E-state index is -1.78. The number of nitrogens with zero attached hydrogens (tertiary/aromatic N) is 1. The summed E-state index contributed by atoms with van der Waals surface area (Å²) in [6.45, 7) is 7.26. The molecule has 0 unspecified atom stereocenters. The number of nitriles is 1. The quantitative estimate of drug-likeness (QED) is 0.170. The van der Waals surface area contributed by atoms with E-state index in [2.05, 4.69) is 22.0 Å². The van der Waals surface area contributed by atoms with Crippen molar-refractivity contribution in [2.45, 2.75) is 50.6 Å². The van der Waals surface area contributed by atoms with Crippen LogP contribution in [0.25, 0.3) is 0 Å². The van der Waals surface area contributed by atoms with E-state index >= 15 is 8.78 Å². The maximum Gasteiger partial charge on any atom is 0.251 e. The topological polar surface area (TPSA) is 122 Å². The number of ether oxygens (including phenoxy) is 3. The van der Waals surface area contributed by atoms with Crippen LogP contribution in [0.1, 0.15) is 54.6 Å². The van der Waals surface area contributed by atoms with Crippen molar-refractivity contribution < 1.29 is 32.6 Å². The van der Waals surface area contributed by atoms with Crippen LogP contribution in [0.3, 0.4) is 0 Å². The van der Waals surface area contributed by atoms with Crippen molar-refractivity contribution in [1.82, 2.24) is 10.6 Å². The van der Waals surface area contributed by atoms with Gasteiger partial charge in [0.15, 0.2) is 0 Å². The van der Waals surface area contributed by atoms with Crippen LogP contribution >= 0.6 is 23.2 Å². The van der Waals surface area contributed by atoms with Crippen LogP contribution in [-0.2, 0) is 19.7 Å². The molecular weight excluding hydrogens is 677 g/mol. The summed E-state index contributed by atoms with van der Waals surface area (Å²) in [4.78, 5) is 27.1. The predicted octanol–water partition coefficient (Wildman–Crippen LogP) is 6.63. The largest absolute Gasteiger partial charge is 0.495 e. The molecule has 0 aromatic heterocycles. The lowest BCUT2D eigenvalue weighted by Gasteiger charge is -2.37. The van der Waals surface area contributed by atoms with Crippen LogP contribution in [0.5, 0.6) is 5.75 Å². The summed E-state index contributed by atoms with van der Waals surface area (Å²) in [5.74, 6) is -3.67. The lowest BCUT2D eigenvalue weighted by atomic mass is 9.62. The number of hydrogen-bond acceptors (Lipinski definition) is 7. The number of halogens is 4. The standard InChI is InChI=1S/C36H40Cl2F2N4O5/c1-35(2,3)19-29-36(20-41,24-11-10-22(37)18-26(24)39)30(23-7-6-8-25(38)31(23)40)32(44-29)34(46)43-27-12-9-21(17-28(27)48-5)33(45)42-13-14-49-16-15-47-4/h6-12,17-18,29-30,32,44H,13-16,19H2,1-5H3,(H,42,45)(H,43,46)/t29-,30-,32+,36-/m0/s1. The average molecular weight is 718 g/mol. The number of nitrogens with one attached hydrogen (secondary N) is 3. The Morgan fingerprint density at radius 2 is 1.80 bits per heavy atom. The van der Waals surface area contributed by atoms with Crippen LogP contribution in [0, 0.1) is 28.4 Å². The van der Waals surface area contributed by atoms with Crippen molar-refractivity contribution in [1.29, 1.82) is 5.26 Å². The third-order valence-corrected chi connectivity index (χ3v) is 8.94. The van der Waals surface area contributed by atoms with Gasteiger partial charge in [-0.05, 0) is 53.8 Å². The Hall–Kier alpha value is -3.79. The van der Waals surface area contributed by atoms with E-state index in [9.17, 15) is 14.9 Å². The van der Waals surface area contributed by atoms with Gasteiger partial charge in [0.05, 0.1) is 49.8 Å². The molecule has 3 aromatic carbocycles. The lowest BCUT2D eigenvalue weighted by molar-refractivity contribution is -0.118. The summed E-state index contributed by atoms with van der Waals surface area (Å²) in [5, 5.41) is 19.8. The SMILES string of the molecule is COCCOCCNC(=O)c1ccc(NC(=O)[C@@H]2N[C@@H](CC(C)(C)C)[C@](C#N)(c3ccc(Cl)cc3F)[C@H]2c2cccc(Cl)c2F)c(OC)c1. The van der Waals surface area contributed by atoms with Crippen molar-refractivity contribution in [2.75, 3.05) is 45.9 Å². The van der Waals surface area contributed by atoms with Gasteiger partial charge in [-0.15, -0.1) is 0 Å². The minimum absolute atomic E-state index is 0.0298. The third-order valence-electron chi connectivity index (χ3n) is 8.42. The van der Waals surface area contributed by atoms with Gasteiger partial charge in [0.25, 0.3) is 5.91 Å². The molecule has 49 heavy (non-hydrogen) atoms. The molecule has 1 saturated heterocycles. The molecule has 0 aliphatic carbocycles. The number of anilines is 1. The van der Waals surface area contributed by atoms with Crippen LogP contribution < -0.4 is 20.7 Å². The molecule has 3 N–H and O–H groups in total. The van der Waals surface area contributed by atoms with Gasteiger partial charge in [0, 0.05) is 41.8 Å². The van der Waals surface area contributed by atoms with E-state index in [1.165, 1.54) is 55.6 Å². The molecule has 0 saturated carbocycles. The molecule has 9 nitrogen and oxygen atoms in total. The molecule has 1 aliphatic heterocycles. The fourth-order valence-corrected chi connectivity index (χ4v) is 6.63. The Kier molecular flexibility index (Phi) is 12.6. The molecule has 262 valence electrons. The highest BCUT2D eigenvalue weighted by Gasteiger charge is 2.61. The molecule has 0 radical (unpaired) electrons. The first-order valence-electron chi connectivity index (χ1n) is 15.7. The second kappa shape index (κ2) is 16.3. The van der Waals surface area contributed by atoms with Crippen molar-refractivity contribution >= 4 is 40.7 Å². The molecule has 4 rings (SSSR count). The van der Waals surface area contributed by atoms with E-state index in [1.54, 1.807) is 7.11 Å². The minimum Gasteiger partial charge on any atom is -0.495 e. The van der Waals surface area contributed by atoms with E-state index in [0.29, 0.717) is 26.2 Å². The number of amides is 2. The number of rotatable bonds is 13. The maximum atomic E-state index is 16.0. The normalized spacial score (nSPS) is 20.4. The van der Waals surface area contributed by atoms with E-state index in [4.69, 9.17) is 37.4 Å². The van der Waals surface area contributed by atoms with Gasteiger partial charge in [0.2, 0.25) is 5.91 Å². The zero-order valence-corrected chi connectivity index (χ0v) is 29.5. The zero-order valence-electron chi connectivity index (χ0n) is 28.0. The fraction of sp³-hybridized carbons (Fsp3) is 0.417. The average Bonchev–Trinajstić information content (AvgIpc) is 3.36. The number of carbonyl (C=O) groups excluding carboxylic acids is 2. The molecule has 13 heteroatoms. The molecule has 0 spiro atoms. The van der Waals surface area contributed by atoms with Gasteiger partial charge < -0.3 is 30.2 Å². The smallest absolute Gasteiger partial charge is 0.251 e. The summed E-state index contributed by atoms with van der Waals surface area (Å²) in [6.07, 6.45) is 0.315. The Labute approximate surface area is 295 Å². The van der Waals surface area contributed by atoms with Crippen LogP contribution in [0.4, 0.5) is 14.5 Å². The van der Waals surface area contributed by atoms with E-state index in [-0.39, 0.29) is 50.6 Å². The number of benzene rings is 3. The highest BCUT2D eigenvalue weighted by atomic mass is 35.5. The third kappa shape index (κ3) is 8.51. The zero-order chi connectivity index (χ0) is 35.9. The monoisotopic (exact) mass is 716 g/mol. The van der Waals surface area contributed by atoms with Crippen LogP contribution in [0.15, 0.2) is 54.6 Å². The van der Waals surface area contributed by atoms with Gasteiger partial charge in [0.1, 0.15) is 22.8 Å². The molecular formula is C36H40Cl2F2N4O5. The van der Waals surface area contributed by atoms with Gasteiger partial charge in [-0.3, -0.25) is 9.59 Å². The second-order valence-electron chi connectivity index (χ2n) is 13.0. The van der Waals surface area contributed by atoms with Gasteiger partial charge in [-0.1, -0.05) is 62.2 Å². The van der Waals surface area contributed by atoms with Gasteiger partial charge in [-0.2, -0.15) is 5.26 Å². The fourth-order valence-electron chi connectivity index (χ4n) is 6.29. The summed E-state index contributed by atoms with van der Waals surface area (Å²) in [6, 6.07) is 13.0. The van der Waals surface area contributed by atoms with Crippen molar-refractivity contribution in [3.8, 4) is 11.8 Å². The first-order valence-corrected chi connectivity index (χ1v) is 16.4. The Bertz CT molecular complexity index is 1710. The predicted molar refractivity (Wildman–Crippen MR) is 184 cm³/mol. The van der Waals surface area contributed by atoms with Gasteiger partial charge in [-0.25, -0.2) is 8.78 Å². The lowest BCUT2D eigenvalue weighted by Crippen LogP contribution is -2.45. The molecule has 2 amide bonds. The first-order chi connectivity index (χ1) is 23.3. The van der Waals surface area contributed by atoms with Gasteiger partial charge >= 0.3 is 0 Å². The number of hydrogen-bond donors (Lipinski definition) is 3. The highest BCUT2D eigenvalue weighted by molar-refractivity contribution is 6.31. The maximum absolute atomic E-state index is 16.0. The Balaban J connectivity index is 1.74. The highest BCUT2D eigenvalue weighted by Crippen LogP contribution is 2.53. The van der Waals surface area contributed by atoms with E-state index < -0.39 is 46.4 Å². The summed E-state index contributed by atoms with van der Waals surface area (Å²) >= 11 is 12.3. The molecule has 3 aromatic rings. The van der Waals surface area contributed by atoms with Crippen LogP contribution in [0.2, 0.25) is 10.0 Å². The molecule has 4 atom stereocenters. The van der Waals surface area contributed by atoms with Crippen molar-refractivity contribution in [2.24, 2.45) is 5.41 Å². The Morgan fingerprint density at radius 1 is 1.04 bits per heavy atom. The number of methoxy groups -OCH3 is 2. The van der Waals surface area contributed by atoms with Crippen molar-refractivity contribution in [3.05, 3.63) is 93.0 Å².